The zero-order valence-corrected chi connectivity index (χ0v) is 12.2. The van der Waals surface area contributed by atoms with E-state index in [1.807, 2.05) is 25.6 Å². The molecule has 0 saturated heterocycles. The van der Waals surface area contributed by atoms with E-state index < -0.39 is 11.6 Å². The van der Waals surface area contributed by atoms with Crippen molar-refractivity contribution in [1.82, 2.24) is 15.1 Å². The molecule has 1 unspecified atom stereocenters. The highest BCUT2D eigenvalue weighted by atomic mass is 19.1. The Morgan fingerprint density at radius 2 is 1.80 bits per heavy atom. The first-order valence-corrected chi connectivity index (χ1v) is 6.54. The van der Waals surface area contributed by atoms with Crippen LogP contribution in [0.3, 0.4) is 0 Å². The summed E-state index contributed by atoms with van der Waals surface area (Å²) in [6.07, 6.45) is 0.644. The van der Waals surface area contributed by atoms with Crippen molar-refractivity contribution in [2.45, 2.75) is 26.3 Å². The summed E-state index contributed by atoms with van der Waals surface area (Å²) in [5.74, 6) is -1.11. The normalized spacial score (nSPS) is 12.7. The van der Waals surface area contributed by atoms with Crippen molar-refractivity contribution in [2.24, 2.45) is 7.05 Å². The summed E-state index contributed by atoms with van der Waals surface area (Å²) in [4.78, 5) is 0. The predicted octanol–water partition coefficient (Wildman–Crippen LogP) is 2.82. The number of benzene rings is 1. The summed E-state index contributed by atoms with van der Waals surface area (Å²) in [6.45, 7) is 3.94. The Morgan fingerprint density at radius 1 is 1.20 bits per heavy atom. The number of nitrogens with zero attached hydrogens (tertiary/aromatic N) is 2. The van der Waals surface area contributed by atoms with E-state index in [0.717, 1.165) is 23.0 Å². The number of likely N-dealkylation sites (N-methyl/N-ethyl adjacent to an activating group) is 1. The number of aryl methyl sites for hydroxylation is 2. The van der Waals surface area contributed by atoms with Crippen LogP contribution in [0.15, 0.2) is 18.2 Å². The number of hydrogen-bond donors (Lipinski definition) is 1. The van der Waals surface area contributed by atoms with Gasteiger partial charge in [-0.3, -0.25) is 4.68 Å². The van der Waals surface area contributed by atoms with Gasteiger partial charge in [0.1, 0.15) is 11.6 Å². The minimum atomic E-state index is -0.556. The van der Waals surface area contributed by atoms with Crippen molar-refractivity contribution in [3.63, 3.8) is 0 Å². The van der Waals surface area contributed by atoms with Crippen LogP contribution in [-0.4, -0.2) is 16.8 Å². The molecule has 1 aromatic carbocycles. The molecule has 0 aliphatic heterocycles. The van der Waals surface area contributed by atoms with Gasteiger partial charge < -0.3 is 5.32 Å². The van der Waals surface area contributed by atoms with Crippen molar-refractivity contribution in [3.8, 4) is 0 Å². The standard InChI is InChI=1S/C15H19F2N3/c1-9-14(10(2)20(4)19-9)8-15(18-3)11-5-12(16)7-13(17)6-11/h5-7,15,18H,8H2,1-4H3. The Morgan fingerprint density at radius 3 is 2.25 bits per heavy atom. The smallest absolute Gasteiger partial charge is 0.126 e. The molecule has 108 valence electrons. The van der Waals surface area contributed by atoms with Crippen LogP contribution in [0.5, 0.6) is 0 Å². The molecular formula is C15H19F2N3. The molecule has 0 bridgehead atoms. The maximum absolute atomic E-state index is 13.3. The molecule has 0 amide bonds. The highest BCUT2D eigenvalue weighted by Gasteiger charge is 2.17. The molecule has 5 heteroatoms. The third-order valence-corrected chi connectivity index (χ3v) is 3.70. The maximum atomic E-state index is 13.3. The average molecular weight is 279 g/mol. The molecule has 0 radical (unpaired) electrons. The van der Waals surface area contributed by atoms with Crippen molar-refractivity contribution in [1.29, 1.82) is 0 Å². The van der Waals surface area contributed by atoms with Crippen molar-refractivity contribution >= 4 is 0 Å². The fourth-order valence-electron chi connectivity index (χ4n) is 2.48. The second-order valence-electron chi connectivity index (χ2n) is 5.02. The lowest BCUT2D eigenvalue weighted by Gasteiger charge is -2.17. The molecule has 20 heavy (non-hydrogen) atoms. The van der Waals surface area contributed by atoms with Gasteiger partial charge in [0.05, 0.1) is 5.69 Å². The topological polar surface area (TPSA) is 29.9 Å². The van der Waals surface area contributed by atoms with Gasteiger partial charge in [-0.1, -0.05) is 0 Å². The fourth-order valence-corrected chi connectivity index (χ4v) is 2.48. The molecule has 0 fully saturated rings. The molecule has 1 aromatic heterocycles. The third kappa shape index (κ3) is 2.88. The van der Waals surface area contributed by atoms with Gasteiger partial charge in [0.25, 0.3) is 0 Å². The van der Waals surface area contributed by atoms with E-state index in [1.54, 1.807) is 7.05 Å². The molecule has 0 spiro atoms. The van der Waals surface area contributed by atoms with Crippen LogP contribution in [0.25, 0.3) is 0 Å². The van der Waals surface area contributed by atoms with Gasteiger partial charge >= 0.3 is 0 Å². The van der Waals surface area contributed by atoms with Crippen LogP contribution < -0.4 is 5.32 Å². The fraction of sp³-hybridized carbons (Fsp3) is 0.400. The summed E-state index contributed by atoms with van der Waals surface area (Å²) in [6, 6.07) is 3.47. The lowest BCUT2D eigenvalue weighted by molar-refractivity contribution is 0.550. The summed E-state index contributed by atoms with van der Waals surface area (Å²) in [5.41, 5.74) is 3.73. The number of hydrogen-bond acceptors (Lipinski definition) is 2. The first kappa shape index (κ1) is 14.7. The second kappa shape index (κ2) is 5.71. The molecule has 0 aliphatic carbocycles. The van der Waals surface area contributed by atoms with E-state index in [1.165, 1.54) is 12.1 Å². The van der Waals surface area contributed by atoms with Crippen LogP contribution in [0.2, 0.25) is 0 Å². The minimum absolute atomic E-state index is 0.151. The van der Waals surface area contributed by atoms with Gasteiger partial charge in [-0.15, -0.1) is 0 Å². The highest BCUT2D eigenvalue weighted by Crippen LogP contribution is 2.23. The van der Waals surface area contributed by atoms with Crippen LogP contribution in [0, 0.1) is 25.5 Å². The zero-order chi connectivity index (χ0) is 14.9. The summed E-state index contributed by atoms with van der Waals surface area (Å²) < 4.78 is 28.5. The third-order valence-electron chi connectivity index (χ3n) is 3.70. The Labute approximate surface area is 117 Å². The Bertz CT molecular complexity index is 600. The van der Waals surface area contributed by atoms with Crippen molar-refractivity contribution in [2.75, 3.05) is 7.05 Å². The Balaban J connectivity index is 2.33. The van der Waals surface area contributed by atoms with E-state index in [0.29, 0.717) is 12.0 Å². The zero-order valence-electron chi connectivity index (χ0n) is 12.2. The SMILES string of the molecule is CNC(Cc1c(C)nn(C)c1C)c1cc(F)cc(F)c1. The van der Waals surface area contributed by atoms with Gasteiger partial charge in [-0.05, 0) is 50.6 Å². The van der Waals surface area contributed by atoms with E-state index in [2.05, 4.69) is 10.4 Å². The molecule has 3 nitrogen and oxygen atoms in total. The second-order valence-corrected chi connectivity index (χ2v) is 5.02. The van der Waals surface area contributed by atoms with Gasteiger partial charge in [0.15, 0.2) is 0 Å². The minimum Gasteiger partial charge on any atom is -0.313 e. The Kier molecular flexibility index (Phi) is 4.18. The molecule has 2 rings (SSSR count). The molecular weight excluding hydrogens is 260 g/mol. The summed E-state index contributed by atoms with van der Waals surface area (Å²) in [7, 11) is 3.68. The Hall–Kier alpha value is -1.75. The largest absolute Gasteiger partial charge is 0.313 e. The predicted molar refractivity (Wildman–Crippen MR) is 74.5 cm³/mol. The first-order valence-electron chi connectivity index (χ1n) is 6.54. The number of nitrogens with one attached hydrogen (secondary N) is 1. The number of aromatic nitrogens is 2. The summed E-state index contributed by atoms with van der Waals surface area (Å²) >= 11 is 0. The van der Waals surface area contributed by atoms with Gasteiger partial charge in [-0.2, -0.15) is 5.10 Å². The van der Waals surface area contributed by atoms with Crippen LogP contribution in [0.4, 0.5) is 8.78 Å². The number of halogens is 2. The molecule has 0 saturated carbocycles. The van der Waals surface area contributed by atoms with Crippen LogP contribution >= 0.6 is 0 Å². The maximum Gasteiger partial charge on any atom is 0.126 e. The molecule has 0 aliphatic rings. The molecule has 1 N–H and O–H groups in total. The highest BCUT2D eigenvalue weighted by molar-refractivity contribution is 5.29. The van der Waals surface area contributed by atoms with Gasteiger partial charge in [0.2, 0.25) is 0 Å². The molecule has 2 aromatic rings. The van der Waals surface area contributed by atoms with E-state index in [4.69, 9.17) is 0 Å². The van der Waals surface area contributed by atoms with Crippen molar-refractivity contribution in [3.05, 3.63) is 52.3 Å². The molecule has 1 heterocycles. The van der Waals surface area contributed by atoms with Gasteiger partial charge in [0, 0.05) is 24.8 Å². The van der Waals surface area contributed by atoms with Gasteiger partial charge in [-0.25, -0.2) is 8.78 Å². The van der Waals surface area contributed by atoms with E-state index in [-0.39, 0.29) is 6.04 Å². The summed E-state index contributed by atoms with van der Waals surface area (Å²) in [5, 5.41) is 7.48. The quantitative estimate of drug-likeness (QED) is 0.932. The van der Waals surface area contributed by atoms with E-state index in [9.17, 15) is 8.78 Å². The lowest BCUT2D eigenvalue weighted by atomic mass is 9.97. The van der Waals surface area contributed by atoms with Crippen molar-refractivity contribution < 1.29 is 8.78 Å². The monoisotopic (exact) mass is 279 g/mol. The average Bonchev–Trinajstić information content (AvgIpc) is 2.60. The van der Waals surface area contributed by atoms with E-state index >= 15 is 0 Å². The van der Waals surface area contributed by atoms with Crippen LogP contribution in [0.1, 0.15) is 28.6 Å². The molecule has 1 atom stereocenters. The van der Waals surface area contributed by atoms with Crippen LogP contribution in [-0.2, 0) is 13.5 Å². The first-order chi connectivity index (χ1) is 9.42. The number of rotatable bonds is 4. The lowest BCUT2D eigenvalue weighted by Crippen LogP contribution is -2.20.